The fourth-order valence-corrected chi connectivity index (χ4v) is 2.49. The molecule has 0 radical (unpaired) electrons. The predicted molar refractivity (Wildman–Crippen MR) is 73.5 cm³/mol. The van der Waals surface area contributed by atoms with Crippen molar-refractivity contribution in [2.75, 3.05) is 13.1 Å². The van der Waals surface area contributed by atoms with Crippen LogP contribution in [0.25, 0.3) is 0 Å². The van der Waals surface area contributed by atoms with Gasteiger partial charge in [-0.2, -0.15) is 0 Å². The smallest absolute Gasteiger partial charge is 0.314 e. The highest BCUT2D eigenvalue weighted by Crippen LogP contribution is 2.33. The molecule has 106 valence electrons. The van der Waals surface area contributed by atoms with Crippen LogP contribution in [-0.4, -0.2) is 29.8 Å². The van der Waals surface area contributed by atoms with Crippen molar-refractivity contribution in [3.05, 3.63) is 0 Å². The fraction of sp³-hybridized carbons (Fsp3) is 0.929. The Kier molecular flexibility index (Phi) is 6.47. The predicted octanol–water partition coefficient (Wildman–Crippen LogP) is 2.42. The van der Waals surface area contributed by atoms with Gasteiger partial charge in [-0.05, 0) is 38.0 Å². The van der Waals surface area contributed by atoms with Crippen LogP contribution in [-0.2, 0) is 0 Å². The first-order chi connectivity index (χ1) is 8.59. The standard InChI is InChI=1S/C14H28N2O2/c1-3-5-10-15-13(17)16-11-14(18)8-6-12(4-2)7-9-14/h12,18H,3-11H2,1-2H3,(H2,15,16,17). The Morgan fingerprint density at radius 1 is 1.28 bits per heavy atom. The van der Waals surface area contributed by atoms with Gasteiger partial charge in [0.25, 0.3) is 0 Å². The van der Waals surface area contributed by atoms with Gasteiger partial charge in [-0.25, -0.2) is 4.79 Å². The summed E-state index contributed by atoms with van der Waals surface area (Å²) in [4.78, 5) is 11.5. The van der Waals surface area contributed by atoms with Crippen LogP contribution in [0.4, 0.5) is 4.79 Å². The number of carbonyl (C=O) groups excluding carboxylic acids is 1. The molecule has 0 aromatic carbocycles. The molecule has 1 aliphatic carbocycles. The van der Waals surface area contributed by atoms with Gasteiger partial charge in [0.2, 0.25) is 0 Å². The van der Waals surface area contributed by atoms with E-state index in [1.54, 1.807) is 0 Å². The van der Waals surface area contributed by atoms with Gasteiger partial charge in [-0.3, -0.25) is 0 Å². The van der Waals surface area contributed by atoms with Crippen molar-refractivity contribution in [2.45, 2.75) is 64.4 Å². The summed E-state index contributed by atoms with van der Waals surface area (Å²) in [6.45, 7) is 5.38. The number of aliphatic hydroxyl groups is 1. The van der Waals surface area contributed by atoms with Gasteiger partial charge in [0.15, 0.2) is 0 Å². The zero-order chi connectivity index (χ0) is 13.4. The monoisotopic (exact) mass is 256 g/mol. The van der Waals surface area contributed by atoms with Crippen molar-refractivity contribution in [3.63, 3.8) is 0 Å². The average molecular weight is 256 g/mol. The fourth-order valence-electron chi connectivity index (χ4n) is 2.49. The highest BCUT2D eigenvalue weighted by atomic mass is 16.3. The Morgan fingerprint density at radius 3 is 2.50 bits per heavy atom. The molecular weight excluding hydrogens is 228 g/mol. The Labute approximate surface area is 111 Å². The number of carbonyl (C=O) groups is 1. The summed E-state index contributed by atoms with van der Waals surface area (Å²) in [5, 5.41) is 15.9. The van der Waals surface area contributed by atoms with Gasteiger partial charge in [-0.15, -0.1) is 0 Å². The normalized spacial score (nSPS) is 27.8. The molecule has 3 N–H and O–H groups in total. The zero-order valence-corrected chi connectivity index (χ0v) is 11.8. The highest BCUT2D eigenvalue weighted by molar-refractivity contribution is 5.73. The third-order valence-corrected chi connectivity index (χ3v) is 4.01. The molecule has 0 atom stereocenters. The van der Waals surface area contributed by atoms with E-state index >= 15 is 0 Å². The molecule has 18 heavy (non-hydrogen) atoms. The van der Waals surface area contributed by atoms with Gasteiger partial charge in [-0.1, -0.05) is 26.7 Å². The van der Waals surface area contributed by atoms with Crippen molar-refractivity contribution in [1.29, 1.82) is 0 Å². The maximum atomic E-state index is 11.5. The lowest BCUT2D eigenvalue weighted by molar-refractivity contribution is -0.00642. The molecule has 1 aliphatic rings. The zero-order valence-electron chi connectivity index (χ0n) is 11.8. The minimum atomic E-state index is -0.687. The molecule has 1 rings (SSSR count). The lowest BCUT2D eigenvalue weighted by atomic mass is 9.78. The van der Waals surface area contributed by atoms with E-state index in [4.69, 9.17) is 0 Å². The number of urea groups is 1. The molecule has 0 aromatic rings. The molecule has 0 aliphatic heterocycles. The number of hydrogen-bond donors (Lipinski definition) is 3. The quantitative estimate of drug-likeness (QED) is 0.639. The molecule has 4 nitrogen and oxygen atoms in total. The number of hydrogen-bond acceptors (Lipinski definition) is 2. The van der Waals surface area contributed by atoms with Crippen molar-refractivity contribution < 1.29 is 9.90 Å². The first kappa shape index (κ1) is 15.3. The van der Waals surface area contributed by atoms with Crippen molar-refractivity contribution >= 4 is 6.03 Å². The molecule has 0 spiro atoms. The summed E-state index contributed by atoms with van der Waals surface area (Å²) in [6.07, 6.45) is 7.03. The van der Waals surface area contributed by atoms with Gasteiger partial charge >= 0.3 is 6.03 Å². The molecule has 0 aromatic heterocycles. The number of amides is 2. The first-order valence-electron chi connectivity index (χ1n) is 7.33. The summed E-state index contributed by atoms with van der Waals surface area (Å²) in [5.74, 6) is 0.753. The molecule has 2 amide bonds. The van der Waals surface area contributed by atoms with Crippen molar-refractivity contribution in [3.8, 4) is 0 Å². The van der Waals surface area contributed by atoms with Crippen LogP contribution in [0.1, 0.15) is 58.8 Å². The second kappa shape index (κ2) is 7.62. The Bertz CT molecular complexity index is 248. The number of unbranched alkanes of at least 4 members (excludes halogenated alkanes) is 1. The molecule has 0 saturated heterocycles. The van der Waals surface area contributed by atoms with Crippen LogP contribution >= 0.6 is 0 Å². The van der Waals surface area contributed by atoms with E-state index in [-0.39, 0.29) is 6.03 Å². The van der Waals surface area contributed by atoms with Crippen LogP contribution in [0.15, 0.2) is 0 Å². The molecule has 0 heterocycles. The van der Waals surface area contributed by atoms with Crippen LogP contribution in [0.3, 0.4) is 0 Å². The second-order valence-electron chi connectivity index (χ2n) is 5.54. The van der Waals surface area contributed by atoms with Crippen LogP contribution in [0, 0.1) is 5.92 Å². The minimum absolute atomic E-state index is 0.158. The molecule has 1 saturated carbocycles. The summed E-state index contributed by atoms with van der Waals surface area (Å²) in [6, 6.07) is -0.158. The van der Waals surface area contributed by atoms with Gasteiger partial charge in [0.05, 0.1) is 5.60 Å². The SMILES string of the molecule is CCCCNC(=O)NCC1(O)CCC(CC)CC1. The molecule has 0 unspecified atom stereocenters. The minimum Gasteiger partial charge on any atom is -0.388 e. The average Bonchev–Trinajstić information content (AvgIpc) is 2.38. The van der Waals surface area contributed by atoms with E-state index in [1.165, 1.54) is 6.42 Å². The van der Waals surface area contributed by atoms with Gasteiger partial charge in [0.1, 0.15) is 0 Å². The van der Waals surface area contributed by atoms with Crippen LogP contribution in [0.5, 0.6) is 0 Å². The molecule has 1 fully saturated rings. The topological polar surface area (TPSA) is 61.4 Å². The van der Waals surface area contributed by atoms with E-state index in [0.29, 0.717) is 13.1 Å². The molecule has 4 heteroatoms. The Hall–Kier alpha value is -0.770. The van der Waals surface area contributed by atoms with Gasteiger partial charge in [0, 0.05) is 13.1 Å². The van der Waals surface area contributed by atoms with E-state index in [9.17, 15) is 9.90 Å². The summed E-state index contributed by atoms with van der Waals surface area (Å²) in [5.41, 5.74) is -0.687. The Morgan fingerprint density at radius 2 is 1.94 bits per heavy atom. The molecular formula is C14H28N2O2. The number of nitrogens with one attached hydrogen (secondary N) is 2. The van der Waals surface area contributed by atoms with Crippen molar-refractivity contribution in [1.82, 2.24) is 10.6 Å². The first-order valence-corrected chi connectivity index (χ1v) is 7.33. The van der Waals surface area contributed by atoms with Crippen LogP contribution < -0.4 is 10.6 Å². The van der Waals surface area contributed by atoms with Crippen molar-refractivity contribution in [2.24, 2.45) is 5.92 Å². The Balaban J connectivity index is 2.19. The largest absolute Gasteiger partial charge is 0.388 e. The third-order valence-electron chi connectivity index (χ3n) is 4.01. The lowest BCUT2D eigenvalue weighted by Gasteiger charge is -2.35. The molecule has 0 bridgehead atoms. The lowest BCUT2D eigenvalue weighted by Crippen LogP contribution is -2.48. The summed E-state index contributed by atoms with van der Waals surface area (Å²) in [7, 11) is 0. The summed E-state index contributed by atoms with van der Waals surface area (Å²) >= 11 is 0. The van der Waals surface area contributed by atoms with Gasteiger partial charge < -0.3 is 15.7 Å². The second-order valence-corrected chi connectivity index (χ2v) is 5.54. The van der Waals surface area contributed by atoms with E-state index in [1.807, 2.05) is 0 Å². The maximum Gasteiger partial charge on any atom is 0.314 e. The number of rotatable bonds is 6. The van der Waals surface area contributed by atoms with E-state index < -0.39 is 5.60 Å². The highest BCUT2D eigenvalue weighted by Gasteiger charge is 2.32. The van der Waals surface area contributed by atoms with E-state index in [0.717, 1.165) is 44.4 Å². The van der Waals surface area contributed by atoms with E-state index in [2.05, 4.69) is 24.5 Å². The van der Waals surface area contributed by atoms with Crippen LogP contribution in [0.2, 0.25) is 0 Å². The third kappa shape index (κ3) is 5.25. The summed E-state index contributed by atoms with van der Waals surface area (Å²) < 4.78 is 0. The maximum absolute atomic E-state index is 11.5.